The van der Waals surface area contributed by atoms with Gasteiger partial charge in [-0.1, -0.05) is 42.9 Å². The molecule has 6 heteroatoms. The molecule has 1 heterocycles. The minimum atomic E-state index is -0.159. The van der Waals surface area contributed by atoms with Crippen molar-refractivity contribution in [2.75, 3.05) is 12.8 Å². The molecule has 0 atom stereocenters. The van der Waals surface area contributed by atoms with Crippen LogP contribution in [0.3, 0.4) is 0 Å². The van der Waals surface area contributed by atoms with Crippen LogP contribution in [0.2, 0.25) is 0 Å². The molecule has 15 heavy (non-hydrogen) atoms. The number of amides is 1. The van der Waals surface area contributed by atoms with Gasteiger partial charge in [0, 0.05) is 12.8 Å². The average Bonchev–Trinajstić information content (AvgIpc) is 2.72. The number of aromatic nitrogens is 2. The SMILES string of the molecule is CCCCCSc1nnc(C(=O)NC)s1. The number of thioether (sulfide) groups is 1. The van der Waals surface area contributed by atoms with Crippen molar-refractivity contribution in [3.8, 4) is 0 Å². The molecule has 0 saturated heterocycles. The lowest BCUT2D eigenvalue weighted by atomic mass is 10.3. The Morgan fingerprint density at radius 3 is 2.93 bits per heavy atom. The van der Waals surface area contributed by atoms with Gasteiger partial charge in [0.15, 0.2) is 4.34 Å². The van der Waals surface area contributed by atoms with Gasteiger partial charge in [0.1, 0.15) is 0 Å². The van der Waals surface area contributed by atoms with Crippen molar-refractivity contribution in [3.05, 3.63) is 5.01 Å². The summed E-state index contributed by atoms with van der Waals surface area (Å²) in [5.74, 6) is 0.892. The fraction of sp³-hybridized carbons (Fsp3) is 0.667. The number of hydrogen-bond acceptors (Lipinski definition) is 5. The Bertz CT molecular complexity index is 314. The maximum Gasteiger partial charge on any atom is 0.282 e. The number of nitrogens with zero attached hydrogens (tertiary/aromatic N) is 2. The molecular formula is C9H15N3OS2. The molecule has 1 rings (SSSR count). The number of hydrogen-bond donors (Lipinski definition) is 1. The van der Waals surface area contributed by atoms with Crippen LogP contribution in [0, 0.1) is 0 Å². The second-order valence-corrected chi connectivity index (χ2v) is 5.33. The van der Waals surface area contributed by atoms with Crippen LogP contribution in [0.4, 0.5) is 0 Å². The van der Waals surface area contributed by atoms with Crippen molar-refractivity contribution >= 4 is 29.0 Å². The van der Waals surface area contributed by atoms with Crippen LogP contribution >= 0.6 is 23.1 Å². The Hall–Kier alpha value is -0.620. The van der Waals surface area contributed by atoms with Crippen LogP contribution in [0.5, 0.6) is 0 Å². The van der Waals surface area contributed by atoms with Crippen LogP contribution in [-0.4, -0.2) is 28.9 Å². The monoisotopic (exact) mass is 245 g/mol. The maximum atomic E-state index is 11.2. The predicted octanol–water partition coefficient (Wildman–Crippen LogP) is 2.18. The Kier molecular flexibility index (Phi) is 5.63. The molecule has 0 aromatic carbocycles. The Morgan fingerprint density at radius 1 is 1.47 bits per heavy atom. The predicted molar refractivity (Wildman–Crippen MR) is 63.5 cm³/mol. The lowest BCUT2D eigenvalue weighted by Crippen LogP contribution is -2.17. The summed E-state index contributed by atoms with van der Waals surface area (Å²) in [7, 11) is 1.60. The zero-order valence-electron chi connectivity index (χ0n) is 8.95. The van der Waals surface area contributed by atoms with Gasteiger partial charge in [-0.25, -0.2) is 0 Å². The highest BCUT2D eigenvalue weighted by Crippen LogP contribution is 2.23. The fourth-order valence-electron chi connectivity index (χ4n) is 0.978. The Labute approximate surface area is 97.9 Å². The van der Waals surface area contributed by atoms with E-state index in [1.807, 2.05) is 0 Å². The van der Waals surface area contributed by atoms with Crippen molar-refractivity contribution in [2.45, 2.75) is 30.5 Å². The van der Waals surface area contributed by atoms with E-state index in [1.165, 1.54) is 30.6 Å². The third-order valence-electron chi connectivity index (χ3n) is 1.80. The van der Waals surface area contributed by atoms with Crippen LogP contribution in [-0.2, 0) is 0 Å². The van der Waals surface area contributed by atoms with Crippen molar-refractivity contribution in [1.82, 2.24) is 15.5 Å². The third-order valence-corrected chi connectivity index (χ3v) is 3.94. The molecular weight excluding hydrogens is 230 g/mol. The molecule has 84 valence electrons. The van der Waals surface area contributed by atoms with E-state index in [1.54, 1.807) is 18.8 Å². The molecule has 0 aliphatic heterocycles. The lowest BCUT2D eigenvalue weighted by Gasteiger charge is -1.94. The molecule has 0 aliphatic rings. The first-order valence-corrected chi connectivity index (χ1v) is 6.76. The number of unbranched alkanes of at least 4 members (excludes halogenated alkanes) is 2. The van der Waals surface area contributed by atoms with Gasteiger partial charge in [-0.3, -0.25) is 4.79 Å². The lowest BCUT2D eigenvalue weighted by molar-refractivity contribution is 0.0962. The molecule has 0 aliphatic carbocycles. The fourth-order valence-corrected chi connectivity index (χ4v) is 2.85. The van der Waals surface area contributed by atoms with E-state index < -0.39 is 0 Å². The van der Waals surface area contributed by atoms with Crippen LogP contribution in [0.25, 0.3) is 0 Å². The number of nitrogens with one attached hydrogen (secondary N) is 1. The molecule has 1 aromatic rings. The summed E-state index contributed by atoms with van der Waals surface area (Å²) >= 11 is 3.03. The molecule has 0 unspecified atom stereocenters. The van der Waals surface area contributed by atoms with E-state index in [4.69, 9.17) is 0 Å². The molecule has 1 N–H and O–H groups in total. The highest BCUT2D eigenvalue weighted by atomic mass is 32.2. The zero-order chi connectivity index (χ0) is 11.1. The highest BCUT2D eigenvalue weighted by molar-refractivity contribution is 8.01. The third kappa shape index (κ3) is 4.17. The summed E-state index contributed by atoms with van der Waals surface area (Å²) in [6.45, 7) is 2.18. The largest absolute Gasteiger partial charge is 0.353 e. The number of rotatable bonds is 6. The van der Waals surface area contributed by atoms with Gasteiger partial charge in [0.25, 0.3) is 5.91 Å². The minimum Gasteiger partial charge on any atom is -0.353 e. The van der Waals surface area contributed by atoms with Gasteiger partial charge in [-0.05, 0) is 6.42 Å². The molecule has 4 nitrogen and oxygen atoms in total. The summed E-state index contributed by atoms with van der Waals surface area (Å²) in [5, 5.41) is 10.7. The summed E-state index contributed by atoms with van der Waals surface area (Å²) in [4.78, 5) is 11.2. The molecule has 0 saturated carbocycles. The van der Waals surface area contributed by atoms with E-state index >= 15 is 0 Å². The first-order valence-electron chi connectivity index (χ1n) is 4.96. The van der Waals surface area contributed by atoms with Crippen molar-refractivity contribution in [2.24, 2.45) is 0 Å². The second-order valence-electron chi connectivity index (χ2n) is 3.01. The first kappa shape index (κ1) is 12.4. The van der Waals surface area contributed by atoms with Crippen molar-refractivity contribution in [1.29, 1.82) is 0 Å². The summed E-state index contributed by atoms with van der Waals surface area (Å²) < 4.78 is 0.879. The topological polar surface area (TPSA) is 54.9 Å². The molecule has 0 radical (unpaired) electrons. The molecule has 1 aromatic heterocycles. The zero-order valence-corrected chi connectivity index (χ0v) is 10.6. The Balaban J connectivity index is 2.36. The first-order chi connectivity index (χ1) is 7.27. The maximum absolute atomic E-state index is 11.2. The summed E-state index contributed by atoms with van der Waals surface area (Å²) in [6.07, 6.45) is 3.66. The molecule has 1 amide bonds. The van der Waals surface area contributed by atoms with Crippen LogP contribution in [0.1, 0.15) is 36.0 Å². The smallest absolute Gasteiger partial charge is 0.282 e. The molecule has 0 spiro atoms. The Morgan fingerprint density at radius 2 is 2.27 bits per heavy atom. The second kappa shape index (κ2) is 6.79. The van der Waals surface area contributed by atoms with Crippen LogP contribution in [0.15, 0.2) is 4.34 Å². The standard InChI is InChI=1S/C9H15N3OS2/c1-3-4-5-6-14-9-12-11-8(15-9)7(13)10-2/h3-6H2,1-2H3,(H,10,13). The van der Waals surface area contributed by atoms with Crippen molar-refractivity contribution < 1.29 is 4.79 Å². The van der Waals surface area contributed by atoms with Gasteiger partial charge in [0.2, 0.25) is 5.01 Å². The number of carbonyl (C=O) groups is 1. The van der Waals surface area contributed by atoms with Crippen molar-refractivity contribution in [3.63, 3.8) is 0 Å². The summed E-state index contributed by atoms with van der Waals surface area (Å²) in [5.41, 5.74) is 0. The molecule has 0 fully saturated rings. The van der Waals surface area contributed by atoms with E-state index in [9.17, 15) is 4.79 Å². The quantitative estimate of drug-likeness (QED) is 0.616. The highest BCUT2D eigenvalue weighted by Gasteiger charge is 2.10. The van der Waals surface area contributed by atoms with E-state index in [0.717, 1.165) is 10.1 Å². The molecule has 0 bridgehead atoms. The minimum absolute atomic E-state index is 0.159. The van der Waals surface area contributed by atoms with Gasteiger partial charge in [-0.2, -0.15) is 0 Å². The summed E-state index contributed by atoms with van der Waals surface area (Å²) in [6, 6.07) is 0. The number of carbonyl (C=O) groups excluding carboxylic acids is 1. The van der Waals surface area contributed by atoms with E-state index in [0.29, 0.717) is 5.01 Å². The normalized spacial score (nSPS) is 10.3. The van der Waals surface area contributed by atoms with E-state index in [-0.39, 0.29) is 5.91 Å². The average molecular weight is 245 g/mol. The van der Waals surface area contributed by atoms with Gasteiger partial charge in [-0.15, -0.1) is 10.2 Å². The van der Waals surface area contributed by atoms with Gasteiger partial charge >= 0.3 is 0 Å². The van der Waals surface area contributed by atoms with Crippen LogP contribution < -0.4 is 5.32 Å². The van der Waals surface area contributed by atoms with Gasteiger partial charge < -0.3 is 5.32 Å². The van der Waals surface area contributed by atoms with Gasteiger partial charge in [0.05, 0.1) is 0 Å². The van der Waals surface area contributed by atoms with E-state index in [2.05, 4.69) is 22.4 Å².